The van der Waals surface area contributed by atoms with Crippen LogP contribution in [0.1, 0.15) is 43.1 Å². The average molecular weight is 279 g/mol. The van der Waals surface area contributed by atoms with Crippen molar-refractivity contribution in [2.45, 2.75) is 39.7 Å². The van der Waals surface area contributed by atoms with Crippen LogP contribution in [-0.2, 0) is 0 Å². The van der Waals surface area contributed by atoms with Crippen LogP contribution in [-0.4, -0.2) is 30.3 Å². The minimum absolute atomic E-state index is 0.223. The SMILES string of the molecule is COc1ccc(C)cc1C(=O)NCC(C)(O)CC(C)C. The van der Waals surface area contributed by atoms with Crippen LogP contribution in [0.15, 0.2) is 18.2 Å². The molecule has 4 nitrogen and oxygen atoms in total. The number of carbonyl (C=O) groups excluding carboxylic acids is 1. The first-order valence-electron chi connectivity index (χ1n) is 6.90. The van der Waals surface area contributed by atoms with Gasteiger partial charge in [-0.1, -0.05) is 25.5 Å². The molecular weight excluding hydrogens is 254 g/mol. The Labute approximate surface area is 121 Å². The van der Waals surface area contributed by atoms with E-state index in [0.29, 0.717) is 23.7 Å². The molecule has 1 rings (SSSR count). The number of methoxy groups -OCH3 is 1. The van der Waals surface area contributed by atoms with Crippen LogP contribution in [0.3, 0.4) is 0 Å². The monoisotopic (exact) mass is 279 g/mol. The Hall–Kier alpha value is -1.55. The first-order chi connectivity index (χ1) is 9.25. The summed E-state index contributed by atoms with van der Waals surface area (Å²) in [6.45, 7) is 7.97. The van der Waals surface area contributed by atoms with Crippen LogP contribution >= 0.6 is 0 Å². The molecule has 1 aromatic rings. The summed E-state index contributed by atoms with van der Waals surface area (Å²) < 4.78 is 5.19. The van der Waals surface area contributed by atoms with Crippen molar-refractivity contribution >= 4 is 5.91 Å². The van der Waals surface area contributed by atoms with E-state index in [0.717, 1.165) is 5.56 Å². The number of aliphatic hydroxyl groups is 1. The third-order valence-corrected chi connectivity index (χ3v) is 3.08. The molecule has 1 atom stereocenters. The van der Waals surface area contributed by atoms with Gasteiger partial charge in [0.1, 0.15) is 5.75 Å². The van der Waals surface area contributed by atoms with Gasteiger partial charge in [-0.25, -0.2) is 0 Å². The highest BCUT2D eigenvalue weighted by molar-refractivity contribution is 5.97. The summed E-state index contributed by atoms with van der Waals surface area (Å²) >= 11 is 0. The fourth-order valence-electron chi connectivity index (χ4n) is 2.32. The van der Waals surface area contributed by atoms with E-state index in [2.05, 4.69) is 5.32 Å². The Morgan fingerprint density at radius 3 is 2.65 bits per heavy atom. The van der Waals surface area contributed by atoms with Crippen LogP contribution in [0.2, 0.25) is 0 Å². The molecule has 0 saturated carbocycles. The lowest BCUT2D eigenvalue weighted by Gasteiger charge is -2.25. The molecule has 112 valence electrons. The van der Waals surface area contributed by atoms with Crippen molar-refractivity contribution in [3.63, 3.8) is 0 Å². The number of carbonyl (C=O) groups is 1. The summed E-state index contributed by atoms with van der Waals surface area (Å²) in [5, 5.41) is 13.0. The molecule has 1 amide bonds. The minimum atomic E-state index is -0.902. The molecule has 0 radical (unpaired) electrons. The maximum Gasteiger partial charge on any atom is 0.255 e. The molecule has 0 heterocycles. The summed E-state index contributed by atoms with van der Waals surface area (Å²) in [6, 6.07) is 5.45. The van der Waals surface area contributed by atoms with Crippen LogP contribution in [0.5, 0.6) is 5.75 Å². The molecule has 4 heteroatoms. The van der Waals surface area contributed by atoms with Crippen LogP contribution < -0.4 is 10.1 Å². The van der Waals surface area contributed by atoms with Gasteiger partial charge >= 0.3 is 0 Å². The predicted molar refractivity (Wildman–Crippen MR) is 80.1 cm³/mol. The lowest BCUT2D eigenvalue weighted by Crippen LogP contribution is -2.41. The number of hydrogen-bond donors (Lipinski definition) is 2. The van der Waals surface area contributed by atoms with E-state index < -0.39 is 5.60 Å². The second kappa shape index (κ2) is 6.75. The number of nitrogens with one attached hydrogen (secondary N) is 1. The molecule has 1 aromatic carbocycles. The largest absolute Gasteiger partial charge is 0.496 e. The van der Waals surface area contributed by atoms with Gasteiger partial charge in [-0.2, -0.15) is 0 Å². The van der Waals surface area contributed by atoms with Crippen molar-refractivity contribution in [3.8, 4) is 5.75 Å². The Balaban J connectivity index is 2.74. The summed E-state index contributed by atoms with van der Waals surface area (Å²) in [7, 11) is 1.54. The van der Waals surface area contributed by atoms with Gasteiger partial charge in [0.2, 0.25) is 0 Å². The van der Waals surface area contributed by atoms with E-state index in [-0.39, 0.29) is 12.5 Å². The lowest BCUT2D eigenvalue weighted by atomic mass is 9.94. The molecule has 0 fully saturated rings. The molecule has 0 aromatic heterocycles. The van der Waals surface area contributed by atoms with Crippen LogP contribution in [0, 0.1) is 12.8 Å². The molecule has 0 aliphatic carbocycles. The highest BCUT2D eigenvalue weighted by Crippen LogP contribution is 2.20. The number of rotatable bonds is 6. The zero-order valence-electron chi connectivity index (χ0n) is 13.0. The standard InChI is InChI=1S/C16H25NO3/c1-11(2)9-16(4,19)10-17-15(18)13-8-12(3)6-7-14(13)20-5/h6-8,11,19H,9-10H2,1-5H3,(H,17,18). The fourth-order valence-corrected chi connectivity index (χ4v) is 2.32. The summed E-state index contributed by atoms with van der Waals surface area (Å²) in [4.78, 5) is 12.2. The van der Waals surface area contributed by atoms with E-state index in [4.69, 9.17) is 4.74 Å². The molecule has 0 bridgehead atoms. The van der Waals surface area contributed by atoms with Gasteiger partial charge < -0.3 is 15.2 Å². The summed E-state index contributed by atoms with van der Waals surface area (Å²) in [5.41, 5.74) is 0.582. The molecule has 0 aliphatic rings. The third-order valence-electron chi connectivity index (χ3n) is 3.08. The van der Waals surface area contributed by atoms with Gasteiger partial charge in [-0.3, -0.25) is 4.79 Å². The van der Waals surface area contributed by atoms with Gasteiger partial charge in [0.25, 0.3) is 5.91 Å². The quantitative estimate of drug-likeness (QED) is 0.841. The van der Waals surface area contributed by atoms with Gasteiger partial charge in [0, 0.05) is 6.54 Å². The smallest absolute Gasteiger partial charge is 0.255 e. The van der Waals surface area contributed by atoms with Crippen molar-refractivity contribution in [3.05, 3.63) is 29.3 Å². The zero-order chi connectivity index (χ0) is 15.3. The van der Waals surface area contributed by atoms with E-state index >= 15 is 0 Å². The second-order valence-corrected chi connectivity index (χ2v) is 5.98. The molecule has 1 unspecified atom stereocenters. The molecular formula is C16H25NO3. The van der Waals surface area contributed by atoms with E-state index in [9.17, 15) is 9.90 Å². The van der Waals surface area contributed by atoms with Crippen LogP contribution in [0.4, 0.5) is 0 Å². The molecule has 0 saturated heterocycles. The topological polar surface area (TPSA) is 58.6 Å². The average Bonchev–Trinajstić information content (AvgIpc) is 2.34. The first-order valence-corrected chi connectivity index (χ1v) is 6.90. The van der Waals surface area contributed by atoms with Gasteiger partial charge in [0.15, 0.2) is 0 Å². The molecule has 20 heavy (non-hydrogen) atoms. The molecule has 2 N–H and O–H groups in total. The second-order valence-electron chi connectivity index (χ2n) is 5.98. The van der Waals surface area contributed by atoms with Crippen molar-refractivity contribution < 1.29 is 14.6 Å². The normalized spacial score (nSPS) is 13.9. The Morgan fingerprint density at radius 2 is 2.10 bits per heavy atom. The van der Waals surface area contributed by atoms with Crippen molar-refractivity contribution in [2.24, 2.45) is 5.92 Å². The van der Waals surface area contributed by atoms with Gasteiger partial charge in [0.05, 0.1) is 18.3 Å². The number of hydrogen-bond acceptors (Lipinski definition) is 3. The number of aryl methyl sites for hydroxylation is 1. The number of ether oxygens (including phenoxy) is 1. The highest BCUT2D eigenvalue weighted by atomic mass is 16.5. The van der Waals surface area contributed by atoms with Crippen LogP contribution in [0.25, 0.3) is 0 Å². The van der Waals surface area contributed by atoms with E-state index in [1.165, 1.54) is 7.11 Å². The predicted octanol–water partition coefficient (Wildman–Crippen LogP) is 2.53. The van der Waals surface area contributed by atoms with E-state index in [1.54, 1.807) is 19.1 Å². The molecule has 0 aliphatic heterocycles. The van der Waals surface area contributed by atoms with E-state index in [1.807, 2.05) is 26.8 Å². The Bertz CT molecular complexity index is 467. The minimum Gasteiger partial charge on any atom is -0.496 e. The Morgan fingerprint density at radius 1 is 1.45 bits per heavy atom. The summed E-state index contributed by atoms with van der Waals surface area (Å²) in [5.74, 6) is 0.682. The fraction of sp³-hybridized carbons (Fsp3) is 0.562. The maximum absolute atomic E-state index is 12.2. The zero-order valence-corrected chi connectivity index (χ0v) is 13.0. The first kappa shape index (κ1) is 16.5. The lowest BCUT2D eigenvalue weighted by molar-refractivity contribution is 0.0368. The van der Waals surface area contributed by atoms with Crippen molar-refractivity contribution in [1.29, 1.82) is 0 Å². The van der Waals surface area contributed by atoms with Gasteiger partial charge in [-0.05, 0) is 38.3 Å². The van der Waals surface area contributed by atoms with Crippen molar-refractivity contribution in [1.82, 2.24) is 5.32 Å². The summed E-state index contributed by atoms with van der Waals surface area (Å²) in [6.07, 6.45) is 0.637. The highest BCUT2D eigenvalue weighted by Gasteiger charge is 2.23. The Kier molecular flexibility index (Phi) is 5.57. The number of amides is 1. The van der Waals surface area contributed by atoms with Crippen molar-refractivity contribution in [2.75, 3.05) is 13.7 Å². The third kappa shape index (κ3) is 4.85. The maximum atomic E-state index is 12.2. The van der Waals surface area contributed by atoms with Gasteiger partial charge in [-0.15, -0.1) is 0 Å². The number of benzene rings is 1. The molecule has 0 spiro atoms.